The number of amides is 2. The number of halogens is 1. The molecule has 6 heteroatoms. The van der Waals surface area contributed by atoms with Gasteiger partial charge in [-0.1, -0.05) is 11.6 Å². The molecule has 4 nitrogen and oxygen atoms in total. The molecule has 0 spiro atoms. The summed E-state index contributed by atoms with van der Waals surface area (Å²) in [4.78, 5) is 27.5. The van der Waals surface area contributed by atoms with Gasteiger partial charge in [0.25, 0.3) is 0 Å². The van der Waals surface area contributed by atoms with Crippen molar-refractivity contribution in [2.75, 3.05) is 18.9 Å². The Morgan fingerprint density at radius 3 is 2.52 bits per heavy atom. The maximum atomic E-state index is 12.0. The van der Waals surface area contributed by atoms with E-state index in [2.05, 4.69) is 5.32 Å². The first-order valence-electron chi connectivity index (χ1n) is 6.99. The third-order valence-electron chi connectivity index (χ3n) is 3.04. The van der Waals surface area contributed by atoms with Crippen LogP contribution in [0.15, 0.2) is 42.5 Å². The minimum atomic E-state index is -0.261. The van der Waals surface area contributed by atoms with Crippen LogP contribution < -0.4 is 5.32 Å². The number of rotatable bonds is 5. The molecule has 0 aliphatic rings. The normalized spacial score (nSPS) is 10.7. The molecule has 0 saturated heterocycles. The maximum Gasteiger partial charge on any atom is 0.246 e. The van der Waals surface area contributed by atoms with Crippen molar-refractivity contribution in [3.8, 4) is 0 Å². The number of thiophene rings is 1. The number of nitrogens with zero attached hydrogens (tertiary/aromatic N) is 1. The van der Waals surface area contributed by atoms with Crippen LogP contribution in [0, 0.1) is 6.92 Å². The summed E-state index contributed by atoms with van der Waals surface area (Å²) in [6.45, 7) is 1.99. The van der Waals surface area contributed by atoms with E-state index in [0.717, 1.165) is 4.88 Å². The van der Waals surface area contributed by atoms with Crippen molar-refractivity contribution in [2.45, 2.75) is 6.92 Å². The van der Waals surface area contributed by atoms with E-state index in [1.54, 1.807) is 48.7 Å². The van der Waals surface area contributed by atoms with E-state index < -0.39 is 0 Å². The SMILES string of the molecule is Cc1ccc(/C=C/C(=O)N(C)CC(=O)Nc2ccc(Cl)cc2)s1. The van der Waals surface area contributed by atoms with Gasteiger partial charge in [-0.15, -0.1) is 11.3 Å². The molecule has 0 unspecified atom stereocenters. The summed E-state index contributed by atoms with van der Waals surface area (Å²) in [5.41, 5.74) is 0.643. The average molecular weight is 349 g/mol. The highest BCUT2D eigenvalue weighted by molar-refractivity contribution is 7.12. The van der Waals surface area contributed by atoms with E-state index in [4.69, 9.17) is 11.6 Å². The lowest BCUT2D eigenvalue weighted by atomic mass is 10.3. The molecule has 0 aliphatic carbocycles. The van der Waals surface area contributed by atoms with Crippen molar-refractivity contribution in [1.82, 2.24) is 4.90 Å². The smallest absolute Gasteiger partial charge is 0.246 e. The van der Waals surface area contributed by atoms with Gasteiger partial charge in [-0.2, -0.15) is 0 Å². The summed E-state index contributed by atoms with van der Waals surface area (Å²) in [5, 5.41) is 3.32. The van der Waals surface area contributed by atoms with Crippen LogP contribution in [0.1, 0.15) is 9.75 Å². The summed E-state index contributed by atoms with van der Waals surface area (Å²) in [6.07, 6.45) is 3.23. The lowest BCUT2D eigenvalue weighted by Crippen LogP contribution is -2.33. The summed E-state index contributed by atoms with van der Waals surface area (Å²) in [5.74, 6) is -0.481. The molecule has 2 amide bonds. The van der Waals surface area contributed by atoms with Gasteiger partial charge in [0.05, 0.1) is 6.54 Å². The largest absolute Gasteiger partial charge is 0.333 e. The Labute approximate surface area is 144 Å². The molecule has 1 heterocycles. The van der Waals surface area contributed by atoms with Crippen LogP contribution in [-0.4, -0.2) is 30.3 Å². The molecule has 0 aliphatic heterocycles. The molecule has 2 rings (SSSR count). The molecule has 0 atom stereocenters. The van der Waals surface area contributed by atoms with Crippen LogP contribution >= 0.6 is 22.9 Å². The average Bonchev–Trinajstić information content (AvgIpc) is 2.92. The zero-order valence-electron chi connectivity index (χ0n) is 12.9. The second kappa shape index (κ2) is 7.94. The molecule has 0 bridgehead atoms. The van der Waals surface area contributed by atoms with Crippen molar-refractivity contribution >= 4 is 46.5 Å². The lowest BCUT2D eigenvalue weighted by molar-refractivity contribution is -0.129. The van der Waals surface area contributed by atoms with Gasteiger partial charge in [0.1, 0.15) is 0 Å². The summed E-state index contributed by atoms with van der Waals surface area (Å²) in [6, 6.07) is 10.8. The van der Waals surface area contributed by atoms with E-state index in [-0.39, 0.29) is 18.4 Å². The van der Waals surface area contributed by atoms with Crippen molar-refractivity contribution in [2.24, 2.45) is 0 Å². The van der Waals surface area contributed by atoms with Gasteiger partial charge in [-0.25, -0.2) is 0 Å². The van der Waals surface area contributed by atoms with Gasteiger partial charge in [0.15, 0.2) is 0 Å². The number of carbonyl (C=O) groups is 2. The fourth-order valence-electron chi connectivity index (χ4n) is 1.85. The first kappa shape index (κ1) is 17.2. The number of hydrogen-bond acceptors (Lipinski definition) is 3. The van der Waals surface area contributed by atoms with E-state index in [1.165, 1.54) is 15.9 Å². The number of nitrogens with one attached hydrogen (secondary N) is 1. The van der Waals surface area contributed by atoms with E-state index in [9.17, 15) is 9.59 Å². The Kier molecular flexibility index (Phi) is 5.96. The van der Waals surface area contributed by atoms with Crippen LogP contribution in [0.2, 0.25) is 5.02 Å². The van der Waals surface area contributed by atoms with E-state index in [0.29, 0.717) is 10.7 Å². The molecule has 1 aromatic heterocycles. The Morgan fingerprint density at radius 2 is 1.91 bits per heavy atom. The molecular formula is C17H17ClN2O2S. The summed E-state index contributed by atoms with van der Waals surface area (Å²) in [7, 11) is 1.59. The van der Waals surface area contributed by atoms with Gasteiger partial charge < -0.3 is 10.2 Å². The second-order valence-electron chi connectivity index (χ2n) is 5.03. The van der Waals surface area contributed by atoms with Gasteiger partial charge in [0, 0.05) is 33.6 Å². The number of benzene rings is 1. The number of hydrogen-bond donors (Lipinski definition) is 1. The first-order chi connectivity index (χ1) is 10.9. The number of aryl methyl sites for hydroxylation is 1. The predicted molar refractivity (Wildman–Crippen MR) is 95.8 cm³/mol. The molecule has 1 N–H and O–H groups in total. The molecule has 0 fully saturated rings. The Hall–Kier alpha value is -2.11. The number of anilines is 1. The van der Waals surface area contributed by atoms with Crippen LogP contribution in [-0.2, 0) is 9.59 Å². The minimum absolute atomic E-state index is 0.0186. The zero-order chi connectivity index (χ0) is 16.8. The highest BCUT2D eigenvalue weighted by atomic mass is 35.5. The molecule has 1 aromatic carbocycles. The van der Waals surface area contributed by atoms with Crippen LogP contribution in [0.4, 0.5) is 5.69 Å². The van der Waals surface area contributed by atoms with Crippen molar-refractivity contribution in [3.63, 3.8) is 0 Å². The van der Waals surface area contributed by atoms with Crippen LogP contribution in [0.25, 0.3) is 6.08 Å². The zero-order valence-corrected chi connectivity index (χ0v) is 14.4. The van der Waals surface area contributed by atoms with Crippen molar-refractivity contribution in [3.05, 3.63) is 57.3 Å². The Balaban J connectivity index is 1.86. The fraction of sp³-hybridized carbons (Fsp3) is 0.176. The molecule has 0 saturated carbocycles. The van der Waals surface area contributed by atoms with Gasteiger partial charge >= 0.3 is 0 Å². The third kappa shape index (κ3) is 5.54. The second-order valence-corrected chi connectivity index (χ2v) is 6.79. The fourth-order valence-corrected chi connectivity index (χ4v) is 2.76. The highest BCUT2D eigenvalue weighted by Crippen LogP contribution is 2.16. The predicted octanol–water partition coefficient (Wildman–Crippen LogP) is 3.82. The topological polar surface area (TPSA) is 49.4 Å². The Bertz CT molecular complexity index is 722. The minimum Gasteiger partial charge on any atom is -0.333 e. The summed E-state index contributed by atoms with van der Waals surface area (Å²) < 4.78 is 0. The van der Waals surface area contributed by atoms with Crippen molar-refractivity contribution < 1.29 is 9.59 Å². The number of carbonyl (C=O) groups excluding carboxylic acids is 2. The van der Waals surface area contributed by atoms with Crippen molar-refractivity contribution in [1.29, 1.82) is 0 Å². The van der Waals surface area contributed by atoms with E-state index in [1.807, 2.05) is 19.1 Å². The number of likely N-dealkylation sites (N-methyl/N-ethyl adjacent to an activating group) is 1. The molecule has 0 radical (unpaired) electrons. The summed E-state index contributed by atoms with van der Waals surface area (Å²) >= 11 is 7.40. The van der Waals surface area contributed by atoms with Gasteiger partial charge in [-0.3, -0.25) is 9.59 Å². The molecule has 2 aromatic rings. The van der Waals surface area contributed by atoms with Crippen LogP contribution in [0.5, 0.6) is 0 Å². The maximum absolute atomic E-state index is 12.0. The van der Waals surface area contributed by atoms with Crippen LogP contribution in [0.3, 0.4) is 0 Å². The first-order valence-corrected chi connectivity index (χ1v) is 8.18. The van der Waals surface area contributed by atoms with Gasteiger partial charge in [0.2, 0.25) is 11.8 Å². The molecule has 120 valence electrons. The highest BCUT2D eigenvalue weighted by Gasteiger charge is 2.10. The molecule has 23 heavy (non-hydrogen) atoms. The lowest BCUT2D eigenvalue weighted by Gasteiger charge is -2.14. The van der Waals surface area contributed by atoms with Gasteiger partial charge in [-0.05, 0) is 49.4 Å². The third-order valence-corrected chi connectivity index (χ3v) is 4.25. The van der Waals surface area contributed by atoms with E-state index >= 15 is 0 Å². The Morgan fingerprint density at radius 1 is 1.22 bits per heavy atom. The molecular weight excluding hydrogens is 332 g/mol. The quantitative estimate of drug-likeness (QED) is 0.835. The monoisotopic (exact) mass is 348 g/mol. The standard InChI is InChI=1S/C17H17ClN2O2S/c1-12-3-8-15(23-12)9-10-17(22)20(2)11-16(21)19-14-6-4-13(18)5-7-14/h3-10H,11H2,1-2H3,(H,19,21)/b10-9+.